The van der Waals surface area contributed by atoms with Crippen molar-refractivity contribution in [3.63, 3.8) is 0 Å². The molecule has 140 valence electrons. The van der Waals surface area contributed by atoms with E-state index in [2.05, 4.69) is 4.98 Å². The maximum atomic E-state index is 12.9. The fraction of sp³-hybridized carbons (Fsp3) is 0.500. The predicted molar refractivity (Wildman–Crippen MR) is 94.3 cm³/mol. The van der Waals surface area contributed by atoms with Gasteiger partial charge in [0.05, 0.1) is 12.2 Å². The molecule has 0 unspecified atom stereocenters. The molecule has 1 fully saturated rings. The maximum absolute atomic E-state index is 12.9. The van der Waals surface area contributed by atoms with Crippen LogP contribution in [0.4, 0.5) is 0 Å². The fourth-order valence-electron chi connectivity index (χ4n) is 3.45. The number of piperidine rings is 1. The Labute approximate surface area is 150 Å². The van der Waals surface area contributed by atoms with Crippen molar-refractivity contribution in [3.8, 4) is 5.75 Å². The van der Waals surface area contributed by atoms with E-state index in [0.717, 1.165) is 4.40 Å². The smallest absolute Gasteiger partial charge is 0.270 e. The van der Waals surface area contributed by atoms with Crippen LogP contribution in [-0.4, -0.2) is 62.8 Å². The third kappa shape index (κ3) is 2.85. The van der Waals surface area contributed by atoms with Crippen LogP contribution in [0.1, 0.15) is 30.6 Å². The summed E-state index contributed by atoms with van der Waals surface area (Å²) >= 11 is 0. The van der Waals surface area contributed by atoms with Crippen molar-refractivity contribution in [2.24, 2.45) is 5.41 Å². The largest absolute Gasteiger partial charge is 0.504 e. The van der Waals surface area contributed by atoms with E-state index in [1.54, 1.807) is 4.90 Å². The van der Waals surface area contributed by atoms with Crippen LogP contribution in [0.25, 0.3) is 5.65 Å². The maximum Gasteiger partial charge on any atom is 0.270 e. The summed E-state index contributed by atoms with van der Waals surface area (Å²) in [6, 6.07) is 2.93. The lowest BCUT2D eigenvalue weighted by atomic mass is 9.70. The Balaban J connectivity index is 1.93. The van der Waals surface area contributed by atoms with Crippen molar-refractivity contribution in [1.29, 1.82) is 0 Å². The van der Waals surface area contributed by atoms with E-state index in [0.29, 0.717) is 13.0 Å². The summed E-state index contributed by atoms with van der Waals surface area (Å²) in [5.41, 5.74) is -2.15. The minimum Gasteiger partial charge on any atom is -0.504 e. The molecule has 8 heteroatoms. The number of amides is 1. The zero-order chi connectivity index (χ0) is 19.1. The molecular formula is C18H23N3O5. The molecule has 0 bridgehead atoms. The van der Waals surface area contributed by atoms with E-state index in [4.69, 9.17) is 4.74 Å². The lowest BCUT2D eigenvalue weighted by Gasteiger charge is -2.49. The number of aromatic hydroxyl groups is 1. The number of hydrogen-bond acceptors (Lipinski definition) is 6. The first-order chi connectivity index (χ1) is 12.2. The van der Waals surface area contributed by atoms with Gasteiger partial charge in [-0.1, -0.05) is 13.8 Å². The number of likely N-dealkylation sites (tertiary alicyclic amines) is 1. The van der Waals surface area contributed by atoms with Gasteiger partial charge in [-0.25, -0.2) is 4.98 Å². The Morgan fingerprint density at radius 3 is 2.81 bits per heavy atom. The molecule has 0 spiro atoms. The molecule has 0 aliphatic carbocycles. The molecule has 1 aliphatic rings. The Bertz CT molecular complexity index is 907. The van der Waals surface area contributed by atoms with Crippen molar-refractivity contribution < 1.29 is 19.7 Å². The second-order valence-corrected chi connectivity index (χ2v) is 7.39. The first kappa shape index (κ1) is 18.3. The van der Waals surface area contributed by atoms with Gasteiger partial charge in [0.1, 0.15) is 5.56 Å². The molecule has 1 saturated heterocycles. The number of methoxy groups -OCH3 is 1. The van der Waals surface area contributed by atoms with Crippen molar-refractivity contribution in [2.45, 2.75) is 25.9 Å². The quantitative estimate of drug-likeness (QED) is 0.832. The van der Waals surface area contributed by atoms with E-state index >= 15 is 0 Å². The Morgan fingerprint density at radius 1 is 1.42 bits per heavy atom. The van der Waals surface area contributed by atoms with Gasteiger partial charge in [0, 0.05) is 38.0 Å². The molecule has 0 aromatic carbocycles. The molecule has 8 nitrogen and oxygen atoms in total. The highest BCUT2D eigenvalue weighted by Gasteiger charge is 2.48. The summed E-state index contributed by atoms with van der Waals surface area (Å²) in [5.74, 6) is -0.569. The SMILES string of the molecule is COC[C@]1(O)CCN(C(=O)c2cnc3c(O)cccn3c2=O)CC1(C)C. The number of carbonyl (C=O) groups is 1. The van der Waals surface area contributed by atoms with Crippen molar-refractivity contribution >= 4 is 11.6 Å². The summed E-state index contributed by atoms with van der Waals surface area (Å²) < 4.78 is 6.29. The van der Waals surface area contributed by atoms with Crippen molar-refractivity contribution in [2.75, 3.05) is 26.8 Å². The standard InChI is InChI=1S/C18H23N3O5/c1-17(2)10-20(8-6-18(17,25)11-26-3)15(23)12-9-19-14-13(22)5-4-7-21(14)16(12)24/h4-5,7,9,22,25H,6,8,10-11H2,1-3H3/t18-/m1/s1. The van der Waals surface area contributed by atoms with Crippen molar-refractivity contribution in [1.82, 2.24) is 14.3 Å². The number of ether oxygens (including phenoxy) is 1. The average molecular weight is 361 g/mol. The molecule has 1 amide bonds. The highest BCUT2D eigenvalue weighted by atomic mass is 16.5. The summed E-state index contributed by atoms with van der Waals surface area (Å²) in [5, 5.41) is 20.6. The molecule has 1 aliphatic heterocycles. The normalized spacial score (nSPS) is 22.5. The average Bonchev–Trinajstić information content (AvgIpc) is 2.58. The van der Waals surface area contributed by atoms with Crippen LogP contribution in [0.3, 0.4) is 0 Å². The number of rotatable bonds is 3. The van der Waals surface area contributed by atoms with Gasteiger partial charge in [-0.3, -0.25) is 14.0 Å². The monoisotopic (exact) mass is 361 g/mol. The highest BCUT2D eigenvalue weighted by Crippen LogP contribution is 2.39. The number of pyridine rings is 1. The molecule has 0 saturated carbocycles. The van der Waals surface area contributed by atoms with E-state index in [-0.39, 0.29) is 30.1 Å². The Hall–Kier alpha value is -2.45. The van der Waals surface area contributed by atoms with Crippen LogP contribution in [0.5, 0.6) is 5.75 Å². The number of aliphatic hydroxyl groups is 1. The van der Waals surface area contributed by atoms with E-state index in [1.807, 2.05) is 13.8 Å². The Morgan fingerprint density at radius 2 is 2.15 bits per heavy atom. The van der Waals surface area contributed by atoms with Gasteiger partial charge in [0.15, 0.2) is 11.4 Å². The van der Waals surface area contributed by atoms with E-state index < -0.39 is 22.5 Å². The lowest BCUT2D eigenvalue weighted by Crippen LogP contribution is -2.60. The summed E-state index contributed by atoms with van der Waals surface area (Å²) in [6.45, 7) is 4.52. The van der Waals surface area contributed by atoms with Crippen LogP contribution in [-0.2, 0) is 4.74 Å². The second kappa shape index (κ2) is 6.37. The number of nitrogens with zero attached hydrogens (tertiary/aromatic N) is 3. The Kier molecular flexibility index (Phi) is 4.49. The fourth-order valence-corrected chi connectivity index (χ4v) is 3.45. The van der Waals surface area contributed by atoms with Crippen LogP contribution in [0, 0.1) is 5.41 Å². The summed E-state index contributed by atoms with van der Waals surface area (Å²) in [4.78, 5) is 31.2. The summed E-state index contributed by atoms with van der Waals surface area (Å²) in [7, 11) is 1.53. The van der Waals surface area contributed by atoms with Gasteiger partial charge in [0.25, 0.3) is 11.5 Å². The van der Waals surface area contributed by atoms with Gasteiger partial charge < -0.3 is 19.8 Å². The highest BCUT2D eigenvalue weighted by molar-refractivity contribution is 5.94. The minimum absolute atomic E-state index is 0.0684. The molecule has 1 atom stereocenters. The topological polar surface area (TPSA) is 104 Å². The van der Waals surface area contributed by atoms with Gasteiger partial charge in [-0.15, -0.1) is 0 Å². The van der Waals surface area contributed by atoms with Crippen molar-refractivity contribution in [3.05, 3.63) is 40.4 Å². The number of hydrogen-bond donors (Lipinski definition) is 2. The van der Waals surface area contributed by atoms with Crippen LogP contribution in [0.2, 0.25) is 0 Å². The van der Waals surface area contributed by atoms with Crippen LogP contribution >= 0.6 is 0 Å². The number of carbonyl (C=O) groups excluding carboxylic acids is 1. The first-order valence-electron chi connectivity index (χ1n) is 8.40. The summed E-state index contributed by atoms with van der Waals surface area (Å²) in [6.07, 6.45) is 3.00. The lowest BCUT2D eigenvalue weighted by molar-refractivity contribution is -0.144. The number of aromatic nitrogens is 2. The zero-order valence-electron chi connectivity index (χ0n) is 15.1. The van der Waals surface area contributed by atoms with Gasteiger partial charge in [-0.05, 0) is 18.6 Å². The predicted octanol–water partition coefficient (Wildman–Crippen LogP) is 0.650. The second-order valence-electron chi connectivity index (χ2n) is 7.39. The zero-order valence-corrected chi connectivity index (χ0v) is 15.1. The molecule has 2 aromatic heterocycles. The van der Waals surface area contributed by atoms with E-state index in [9.17, 15) is 19.8 Å². The minimum atomic E-state index is -1.04. The van der Waals surface area contributed by atoms with E-state index in [1.165, 1.54) is 31.6 Å². The van der Waals surface area contributed by atoms with Gasteiger partial charge >= 0.3 is 0 Å². The third-order valence-electron chi connectivity index (χ3n) is 5.25. The molecule has 26 heavy (non-hydrogen) atoms. The molecule has 2 aromatic rings. The van der Waals surface area contributed by atoms with Crippen LogP contribution in [0.15, 0.2) is 29.3 Å². The van der Waals surface area contributed by atoms with Gasteiger partial charge in [0.2, 0.25) is 0 Å². The molecular weight excluding hydrogens is 338 g/mol. The van der Waals surface area contributed by atoms with Crippen LogP contribution < -0.4 is 5.56 Å². The molecule has 3 rings (SSSR count). The number of fused-ring (bicyclic) bond motifs is 1. The first-order valence-corrected chi connectivity index (χ1v) is 8.40. The molecule has 0 radical (unpaired) electrons. The van der Waals surface area contributed by atoms with Gasteiger partial charge in [-0.2, -0.15) is 0 Å². The third-order valence-corrected chi connectivity index (χ3v) is 5.25. The molecule has 2 N–H and O–H groups in total. The molecule has 3 heterocycles.